The number of para-hydroxylation sites is 1. The van der Waals surface area contributed by atoms with E-state index < -0.39 is 15.7 Å². The van der Waals surface area contributed by atoms with Crippen LogP contribution in [0.4, 0.5) is 5.69 Å². The predicted octanol–water partition coefficient (Wildman–Crippen LogP) is 2.80. The molecular formula is C20H23N3O4S. The number of hydrogen-bond donors (Lipinski definition) is 2. The molecule has 1 aliphatic carbocycles. The second-order valence-corrected chi connectivity index (χ2v) is 9.64. The molecule has 0 bridgehead atoms. The van der Waals surface area contributed by atoms with E-state index in [0.717, 1.165) is 18.6 Å². The van der Waals surface area contributed by atoms with Gasteiger partial charge in [0.1, 0.15) is 22.1 Å². The summed E-state index contributed by atoms with van der Waals surface area (Å²) in [6, 6.07) is 8.79. The highest BCUT2D eigenvalue weighted by Gasteiger charge is 2.44. The lowest BCUT2D eigenvalue weighted by molar-refractivity contribution is 0.0674. The van der Waals surface area contributed by atoms with Crippen molar-refractivity contribution in [2.24, 2.45) is 0 Å². The van der Waals surface area contributed by atoms with Crippen LogP contribution in [0.25, 0.3) is 0 Å². The van der Waals surface area contributed by atoms with Crippen LogP contribution in [0.2, 0.25) is 0 Å². The number of nitrogens with one attached hydrogen (secondary N) is 2. The van der Waals surface area contributed by atoms with Gasteiger partial charge in [-0.25, -0.2) is 8.42 Å². The van der Waals surface area contributed by atoms with Gasteiger partial charge in [0, 0.05) is 31.8 Å². The molecule has 5 rings (SSSR count). The van der Waals surface area contributed by atoms with Crippen LogP contribution in [0.5, 0.6) is 0 Å². The van der Waals surface area contributed by atoms with E-state index in [1.807, 2.05) is 19.1 Å². The molecule has 2 aromatic rings. The number of amides is 1. The van der Waals surface area contributed by atoms with Gasteiger partial charge in [0.05, 0.1) is 11.3 Å². The van der Waals surface area contributed by atoms with Crippen LogP contribution in [-0.4, -0.2) is 38.0 Å². The number of fused-ring (bicyclic) bond motifs is 1. The van der Waals surface area contributed by atoms with Crippen LogP contribution < -0.4 is 10.0 Å². The number of furan rings is 1. The maximum Gasteiger partial charge on any atom is 0.257 e. The second kappa shape index (κ2) is 6.09. The highest BCUT2D eigenvalue weighted by molar-refractivity contribution is 7.89. The average Bonchev–Trinajstić information content (AvgIpc) is 3.43. The van der Waals surface area contributed by atoms with Crippen LogP contribution in [0.3, 0.4) is 0 Å². The van der Waals surface area contributed by atoms with Crippen molar-refractivity contribution in [3.8, 4) is 0 Å². The fourth-order valence-electron chi connectivity index (χ4n) is 4.18. The number of hydrogen-bond acceptors (Lipinski definition) is 5. The van der Waals surface area contributed by atoms with E-state index in [2.05, 4.69) is 10.0 Å². The molecule has 0 unspecified atom stereocenters. The predicted molar refractivity (Wildman–Crippen MR) is 104 cm³/mol. The minimum Gasteiger partial charge on any atom is -0.465 e. The van der Waals surface area contributed by atoms with Crippen LogP contribution in [0.15, 0.2) is 39.6 Å². The van der Waals surface area contributed by atoms with Crippen LogP contribution in [0.1, 0.15) is 53.5 Å². The first-order valence-electron chi connectivity index (χ1n) is 9.68. The Morgan fingerprint density at radius 3 is 2.64 bits per heavy atom. The lowest BCUT2D eigenvalue weighted by Crippen LogP contribution is -2.62. The highest BCUT2D eigenvalue weighted by Crippen LogP contribution is 2.42. The molecular weight excluding hydrogens is 378 g/mol. The summed E-state index contributed by atoms with van der Waals surface area (Å²) in [6.07, 6.45) is 3.25. The van der Waals surface area contributed by atoms with Crippen LogP contribution in [-0.2, 0) is 10.0 Å². The Balaban J connectivity index is 1.33. The van der Waals surface area contributed by atoms with Gasteiger partial charge < -0.3 is 14.6 Å². The molecule has 1 amide bonds. The van der Waals surface area contributed by atoms with Gasteiger partial charge in [0.25, 0.3) is 5.91 Å². The molecule has 1 spiro atoms. The van der Waals surface area contributed by atoms with Gasteiger partial charge in [-0.3, -0.25) is 4.79 Å². The normalized spacial score (nSPS) is 22.5. The van der Waals surface area contributed by atoms with Crippen molar-refractivity contribution in [2.45, 2.75) is 49.1 Å². The Labute approximate surface area is 164 Å². The summed E-state index contributed by atoms with van der Waals surface area (Å²) in [5.74, 6) is 2.00. The first-order chi connectivity index (χ1) is 13.4. The molecule has 28 heavy (non-hydrogen) atoms. The average molecular weight is 401 g/mol. The first kappa shape index (κ1) is 17.8. The van der Waals surface area contributed by atoms with Gasteiger partial charge in [-0.1, -0.05) is 12.1 Å². The van der Waals surface area contributed by atoms with Crippen molar-refractivity contribution < 1.29 is 17.6 Å². The molecule has 7 nitrogen and oxygen atoms in total. The van der Waals surface area contributed by atoms with E-state index in [1.165, 1.54) is 0 Å². The summed E-state index contributed by atoms with van der Waals surface area (Å²) >= 11 is 0. The Morgan fingerprint density at radius 2 is 1.93 bits per heavy atom. The van der Waals surface area contributed by atoms with Crippen molar-refractivity contribution >= 4 is 21.6 Å². The summed E-state index contributed by atoms with van der Waals surface area (Å²) in [5, 5.41) is 3.36. The summed E-state index contributed by atoms with van der Waals surface area (Å²) in [6.45, 7) is 2.78. The van der Waals surface area contributed by atoms with Crippen molar-refractivity contribution in [3.05, 3.63) is 47.4 Å². The SMILES string of the molecule is Cc1oc(C2CC2)cc1C(=O)N1CCC2(CC1)Nc1ccccc1S(=O)(=O)N2. The Morgan fingerprint density at radius 1 is 1.21 bits per heavy atom. The molecule has 3 aliphatic rings. The van der Waals surface area contributed by atoms with Crippen molar-refractivity contribution in [1.82, 2.24) is 9.62 Å². The number of nitrogens with zero attached hydrogens (tertiary/aromatic N) is 1. The number of benzene rings is 1. The number of piperidine rings is 1. The zero-order valence-electron chi connectivity index (χ0n) is 15.7. The monoisotopic (exact) mass is 401 g/mol. The third kappa shape index (κ3) is 2.91. The maximum absolute atomic E-state index is 13.0. The molecule has 0 atom stereocenters. The number of carbonyl (C=O) groups excluding carboxylic acids is 1. The molecule has 1 saturated heterocycles. The van der Waals surface area contributed by atoms with Crippen molar-refractivity contribution in [1.29, 1.82) is 0 Å². The molecule has 3 heterocycles. The van der Waals surface area contributed by atoms with E-state index in [-0.39, 0.29) is 10.8 Å². The largest absolute Gasteiger partial charge is 0.465 e. The zero-order valence-corrected chi connectivity index (χ0v) is 16.5. The summed E-state index contributed by atoms with van der Waals surface area (Å²) < 4.78 is 33.9. The quantitative estimate of drug-likeness (QED) is 0.807. The molecule has 2 N–H and O–H groups in total. The minimum atomic E-state index is -3.58. The Hall–Kier alpha value is -2.32. The van der Waals surface area contributed by atoms with E-state index >= 15 is 0 Å². The Kier molecular flexibility index (Phi) is 3.86. The molecule has 8 heteroatoms. The Bertz CT molecular complexity index is 1050. The lowest BCUT2D eigenvalue weighted by atomic mass is 9.96. The van der Waals surface area contributed by atoms with E-state index in [1.54, 1.807) is 23.1 Å². The van der Waals surface area contributed by atoms with Crippen molar-refractivity contribution in [3.63, 3.8) is 0 Å². The number of rotatable bonds is 2. The molecule has 1 aromatic heterocycles. The first-order valence-corrected chi connectivity index (χ1v) is 11.2. The number of anilines is 1. The van der Waals surface area contributed by atoms with E-state index in [9.17, 15) is 13.2 Å². The molecule has 148 valence electrons. The zero-order chi connectivity index (χ0) is 19.5. The number of likely N-dealkylation sites (tertiary alicyclic amines) is 1. The van der Waals surface area contributed by atoms with E-state index in [0.29, 0.717) is 48.9 Å². The fourth-order valence-corrected chi connectivity index (χ4v) is 5.72. The molecule has 2 aliphatic heterocycles. The fraction of sp³-hybridized carbons (Fsp3) is 0.450. The topological polar surface area (TPSA) is 91.7 Å². The van der Waals surface area contributed by atoms with Crippen molar-refractivity contribution in [2.75, 3.05) is 18.4 Å². The molecule has 1 saturated carbocycles. The van der Waals surface area contributed by atoms with Crippen LogP contribution >= 0.6 is 0 Å². The lowest BCUT2D eigenvalue weighted by Gasteiger charge is -2.45. The summed E-state index contributed by atoms with van der Waals surface area (Å²) in [4.78, 5) is 15.0. The third-order valence-electron chi connectivity index (χ3n) is 5.93. The smallest absolute Gasteiger partial charge is 0.257 e. The molecule has 1 aromatic carbocycles. The summed E-state index contributed by atoms with van der Waals surface area (Å²) in [5.41, 5.74) is 0.482. The number of carbonyl (C=O) groups is 1. The second-order valence-electron chi connectivity index (χ2n) is 7.99. The standard InChI is InChI=1S/C20H23N3O4S/c1-13-15(12-17(27-13)14-6-7-14)19(24)23-10-8-20(9-11-23)21-16-4-2-3-5-18(16)28(25,26)22-20/h2-5,12,14,21-22H,6-11H2,1H3. The van der Waals surface area contributed by atoms with Crippen LogP contribution in [0, 0.1) is 6.92 Å². The van der Waals surface area contributed by atoms with Gasteiger partial charge >= 0.3 is 0 Å². The van der Waals surface area contributed by atoms with Gasteiger partial charge in [-0.2, -0.15) is 4.72 Å². The van der Waals surface area contributed by atoms with Gasteiger partial charge in [-0.15, -0.1) is 0 Å². The number of aryl methyl sites for hydroxylation is 1. The summed E-state index contributed by atoms with van der Waals surface area (Å²) in [7, 11) is -3.58. The minimum absolute atomic E-state index is 0.0398. The highest BCUT2D eigenvalue weighted by atomic mass is 32.2. The van der Waals surface area contributed by atoms with Gasteiger partial charge in [-0.05, 0) is 38.0 Å². The van der Waals surface area contributed by atoms with Gasteiger partial charge in [0.2, 0.25) is 10.0 Å². The third-order valence-corrected chi connectivity index (χ3v) is 7.53. The maximum atomic E-state index is 13.0. The molecule has 2 fully saturated rings. The number of sulfonamides is 1. The van der Waals surface area contributed by atoms with Gasteiger partial charge in [0.15, 0.2) is 0 Å². The molecule has 0 radical (unpaired) electrons. The van der Waals surface area contributed by atoms with E-state index in [4.69, 9.17) is 4.42 Å².